The molecule has 0 atom stereocenters. The third-order valence-electron chi connectivity index (χ3n) is 1.01. The molecule has 3 nitrogen and oxygen atoms in total. The lowest BCUT2D eigenvalue weighted by Gasteiger charge is -1.90. The molecule has 0 aliphatic heterocycles. The van der Waals surface area contributed by atoms with Gasteiger partial charge in [0.25, 0.3) is 5.22 Å². The van der Waals surface area contributed by atoms with Crippen LogP contribution in [0.4, 0.5) is 0 Å². The highest BCUT2D eigenvalue weighted by Crippen LogP contribution is 2.16. The Morgan fingerprint density at radius 1 is 1.55 bits per heavy atom. The maximum absolute atomic E-state index is 5.49. The summed E-state index contributed by atoms with van der Waals surface area (Å²) in [5.74, 6) is 2.23. The van der Waals surface area contributed by atoms with E-state index in [2.05, 4.69) is 10.2 Å². The van der Waals surface area contributed by atoms with Gasteiger partial charge in [0.1, 0.15) is 0 Å². The second-order valence-electron chi connectivity index (χ2n) is 1.98. The summed E-state index contributed by atoms with van der Waals surface area (Å²) in [4.78, 5) is 0. The van der Waals surface area contributed by atoms with E-state index in [0.717, 1.165) is 12.2 Å². The van der Waals surface area contributed by atoms with Gasteiger partial charge in [-0.05, 0) is 6.42 Å². The summed E-state index contributed by atoms with van der Waals surface area (Å²) in [6.07, 6.45) is 0.966. The number of aromatic nitrogens is 2. The van der Waals surface area contributed by atoms with E-state index in [1.165, 1.54) is 0 Å². The van der Waals surface area contributed by atoms with Crippen molar-refractivity contribution in [1.82, 2.24) is 10.2 Å². The van der Waals surface area contributed by atoms with Crippen LogP contribution in [-0.4, -0.2) is 21.8 Å². The highest BCUT2D eigenvalue weighted by Gasteiger charge is 2.00. The minimum absolute atomic E-state index is 0.610. The molecule has 0 bridgehead atoms. The van der Waals surface area contributed by atoms with E-state index in [-0.39, 0.29) is 0 Å². The van der Waals surface area contributed by atoms with Gasteiger partial charge in [0.05, 0.1) is 0 Å². The molecule has 0 N–H and O–H groups in total. The van der Waals surface area contributed by atoms with Gasteiger partial charge in [0.2, 0.25) is 5.89 Å². The summed E-state index contributed by atoms with van der Waals surface area (Å²) in [6, 6.07) is 0. The summed E-state index contributed by atoms with van der Waals surface area (Å²) >= 11 is 7.03. The summed E-state index contributed by atoms with van der Waals surface area (Å²) in [5.41, 5.74) is 0. The molecule has 1 aromatic rings. The molecule has 0 saturated carbocycles. The Kier molecular flexibility index (Phi) is 3.72. The van der Waals surface area contributed by atoms with Crippen LogP contribution in [0, 0.1) is 6.92 Å². The van der Waals surface area contributed by atoms with Crippen LogP contribution in [0.2, 0.25) is 0 Å². The average Bonchev–Trinajstić information content (AvgIpc) is 2.37. The first-order valence-electron chi connectivity index (χ1n) is 3.32. The van der Waals surface area contributed by atoms with Crippen LogP contribution in [0.5, 0.6) is 0 Å². The number of alkyl halides is 1. The lowest BCUT2D eigenvalue weighted by atomic mass is 10.6. The van der Waals surface area contributed by atoms with Crippen molar-refractivity contribution in [3.63, 3.8) is 0 Å². The van der Waals surface area contributed by atoms with Crippen LogP contribution >= 0.6 is 23.4 Å². The number of thioether (sulfide) groups is 1. The third-order valence-corrected chi connectivity index (χ3v) is 2.18. The van der Waals surface area contributed by atoms with Crippen LogP contribution < -0.4 is 0 Å². The fourth-order valence-corrected chi connectivity index (χ4v) is 1.58. The van der Waals surface area contributed by atoms with Gasteiger partial charge in [-0.2, -0.15) is 0 Å². The number of rotatable bonds is 4. The molecule has 0 amide bonds. The second kappa shape index (κ2) is 4.62. The monoisotopic (exact) mass is 192 g/mol. The molecule has 1 heterocycles. The molecule has 5 heteroatoms. The number of aryl methyl sites for hydroxylation is 1. The van der Waals surface area contributed by atoms with Gasteiger partial charge in [0.15, 0.2) is 0 Å². The summed E-state index contributed by atoms with van der Waals surface area (Å²) in [5, 5.41) is 8.15. The number of hydrogen-bond donors (Lipinski definition) is 0. The van der Waals surface area contributed by atoms with Gasteiger partial charge in [0, 0.05) is 18.6 Å². The van der Waals surface area contributed by atoms with Crippen molar-refractivity contribution in [2.24, 2.45) is 0 Å². The zero-order valence-electron chi connectivity index (χ0n) is 6.21. The van der Waals surface area contributed by atoms with Crippen LogP contribution in [0.25, 0.3) is 0 Å². The molecule has 0 spiro atoms. The molecule has 1 rings (SSSR count). The zero-order chi connectivity index (χ0) is 8.10. The first-order valence-corrected chi connectivity index (χ1v) is 4.84. The molecule has 0 unspecified atom stereocenters. The van der Waals surface area contributed by atoms with Gasteiger partial charge in [-0.15, -0.1) is 21.8 Å². The van der Waals surface area contributed by atoms with Gasteiger partial charge in [-0.3, -0.25) is 0 Å². The standard InChI is InChI=1S/C6H9ClN2OS/c1-5-8-9-6(10-5)11-4-2-3-7/h2-4H2,1H3. The maximum Gasteiger partial charge on any atom is 0.276 e. The molecule has 0 aliphatic carbocycles. The summed E-state index contributed by atoms with van der Waals surface area (Å²) < 4.78 is 5.13. The molecule has 11 heavy (non-hydrogen) atoms. The van der Waals surface area contributed by atoms with E-state index in [1.54, 1.807) is 18.7 Å². The second-order valence-corrected chi connectivity index (χ2v) is 3.40. The number of halogens is 1. The van der Waals surface area contributed by atoms with Gasteiger partial charge in [-0.1, -0.05) is 11.8 Å². The highest BCUT2D eigenvalue weighted by molar-refractivity contribution is 7.99. The molecule has 0 fully saturated rings. The first kappa shape index (κ1) is 8.87. The molecule has 0 saturated heterocycles. The van der Waals surface area contributed by atoms with E-state index in [1.807, 2.05) is 0 Å². The van der Waals surface area contributed by atoms with Crippen molar-refractivity contribution >= 4 is 23.4 Å². The van der Waals surface area contributed by atoms with E-state index in [0.29, 0.717) is 17.0 Å². The molecule has 0 aromatic carbocycles. The van der Waals surface area contributed by atoms with Crippen LogP contribution in [0.3, 0.4) is 0 Å². The predicted molar refractivity (Wildman–Crippen MR) is 45.1 cm³/mol. The van der Waals surface area contributed by atoms with Gasteiger partial charge >= 0.3 is 0 Å². The quantitative estimate of drug-likeness (QED) is 0.416. The van der Waals surface area contributed by atoms with Crippen LogP contribution in [-0.2, 0) is 0 Å². The van der Waals surface area contributed by atoms with Crippen molar-refractivity contribution in [2.45, 2.75) is 18.6 Å². The lowest BCUT2D eigenvalue weighted by molar-refractivity contribution is 0.429. The Morgan fingerprint density at radius 2 is 2.36 bits per heavy atom. The molecular weight excluding hydrogens is 184 g/mol. The van der Waals surface area contributed by atoms with Gasteiger partial charge < -0.3 is 4.42 Å². The van der Waals surface area contributed by atoms with Gasteiger partial charge in [-0.25, -0.2) is 0 Å². The Hall–Kier alpha value is -0.220. The lowest BCUT2D eigenvalue weighted by Crippen LogP contribution is -1.80. The summed E-state index contributed by atoms with van der Waals surface area (Å²) in [7, 11) is 0. The highest BCUT2D eigenvalue weighted by atomic mass is 35.5. The Bertz CT molecular complexity index is 216. The first-order chi connectivity index (χ1) is 5.33. The van der Waals surface area contributed by atoms with Crippen molar-refractivity contribution in [3.8, 4) is 0 Å². The molecule has 0 radical (unpaired) electrons. The SMILES string of the molecule is Cc1nnc(SCCCCl)o1. The minimum Gasteiger partial charge on any atom is -0.416 e. The summed E-state index contributed by atoms with van der Waals surface area (Å²) in [6.45, 7) is 1.78. The molecule has 62 valence electrons. The van der Waals surface area contributed by atoms with E-state index < -0.39 is 0 Å². The molecular formula is C6H9ClN2OS. The Labute approximate surface area is 74.5 Å². The fraction of sp³-hybridized carbons (Fsp3) is 0.667. The maximum atomic E-state index is 5.49. The Balaban J connectivity index is 2.27. The normalized spacial score (nSPS) is 10.4. The largest absolute Gasteiger partial charge is 0.416 e. The van der Waals surface area contributed by atoms with E-state index >= 15 is 0 Å². The molecule has 0 aliphatic rings. The van der Waals surface area contributed by atoms with Crippen LogP contribution in [0.1, 0.15) is 12.3 Å². The topological polar surface area (TPSA) is 38.9 Å². The Morgan fingerprint density at radius 3 is 2.91 bits per heavy atom. The third kappa shape index (κ3) is 3.12. The van der Waals surface area contributed by atoms with Crippen LogP contribution in [0.15, 0.2) is 9.64 Å². The van der Waals surface area contributed by atoms with Crippen molar-refractivity contribution in [3.05, 3.63) is 5.89 Å². The molecule has 1 aromatic heterocycles. The minimum atomic E-state index is 0.610. The van der Waals surface area contributed by atoms with E-state index in [9.17, 15) is 0 Å². The number of hydrogen-bond acceptors (Lipinski definition) is 4. The fourth-order valence-electron chi connectivity index (χ4n) is 0.551. The average molecular weight is 193 g/mol. The number of nitrogens with zero attached hydrogens (tertiary/aromatic N) is 2. The predicted octanol–water partition coefficient (Wildman–Crippen LogP) is 2.10. The zero-order valence-corrected chi connectivity index (χ0v) is 7.78. The van der Waals surface area contributed by atoms with Crippen molar-refractivity contribution in [2.75, 3.05) is 11.6 Å². The van der Waals surface area contributed by atoms with E-state index in [4.69, 9.17) is 16.0 Å². The van der Waals surface area contributed by atoms with Crippen molar-refractivity contribution in [1.29, 1.82) is 0 Å². The van der Waals surface area contributed by atoms with Crippen molar-refractivity contribution < 1.29 is 4.42 Å². The smallest absolute Gasteiger partial charge is 0.276 e.